The van der Waals surface area contributed by atoms with Gasteiger partial charge in [0.25, 0.3) is 11.5 Å². The van der Waals surface area contributed by atoms with Gasteiger partial charge in [0.05, 0.1) is 12.5 Å². The van der Waals surface area contributed by atoms with Gasteiger partial charge in [-0.1, -0.05) is 32.0 Å². The monoisotopic (exact) mass is 582 g/mol. The Morgan fingerprint density at radius 1 is 1.02 bits per heavy atom. The van der Waals surface area contributed by atoms with E-state index in [0.717, 1.165) is 29.2 Å². The number of hydrogen-bond acceptors (Lipinski definition) is 4. The molecule has 0 aliphatic carbocycles. The van der Waals surface area contributed by atoms with E-state index in [-0.39, 0.29) is 35.1 Å². The van der Waals surface area contributed by atoms with Crippen LogP contribution in [-0.2, 0) is 9.59 Å². The first-order valence-electron chi connectivity index (χ1n) is 13.8. The van der Waals surface area contributed by atoms with Gasteiger partial charge in [-0.3, -0.25) is 19.2 Å². The van der Waals surface area contributed by atoms with Crippen LogP contribution in [-0.4, -0.2) is 29.3 Å². The fourth-order valence-electron chi connectivity index (χ4n) is 4.48. The van der Waals surface area contributed by atoms with Crippen molar-refractivity contribution >= 4 is 18.2 Å². The molecule has 226 valence electrons. The highest BCUT2D eigenvalue weighted by Crippen LogP contribution is 2.32. The summed E-state index contributed by atoms with van der Waals surface area (Å²) in [6.45, 7) is 12.4. The first kappa shape index (κ1) is 33.9. The molecule has 1 heterocycles. The quantitative estimate of drug-likeness (QED) is 0.272. The number of benzene rings is 2. The van der Waals surface area contributed by atoms with E-state index < -0.39 is 23.6 Å². The van der Waals surface area contributed by atoms with E-state index in [0.29, 0.717) is 24.4 Å². The molecule has 3 amide bonds. The number of nitrogens with two attached hydrogens (primary N) is 1. The van der Waals surface area contributed by atoms with Crippen molar-refractivity contribution in [3.8, 4) is 11.1 Å². The van der Waals surface area contributed by atoms with Gasteiger partial charge in [-0.2, -0.15) is 0 Å². The molecule has 0 saturated carbocycles. The molecule has 0 unspecified atom stereocenters. The molecule has 0 saturated heterocycles. The third-order valence-corrected chi connectivity index (χ3v) is 6.66. The molecule has 0 radical (unpaired) electrons. The molecule has 8 nitrogen and oxygen atoms in total. The van der Waals surface area contributed by atoms with Gasteiger partial charge < -0.3 is 20.9 Å². The zero-order valence-electron chi connectivity index (χ0n) is 25.0. The van der Waals surface area contributed by atoms with Crippen molar-refractivity contribution in [2.45, 2.75) is 66.5 Å². The lowest BCUT2D eigenvalue weighted by Gasteiger charge is -2.18. The summed E-state index contributed by atoms with van der Waals surface area (Å²) in [6.07, 6.45) is 2.62. The van der Waals surface area contributed by atoms with Gasteiger partial charge in [0.1, 0.15) is 5.56 Å². The average Bonchev–Trinajstić information content (AvgIpc) is 2.90. The van der Waals surface area contributed by atoms with Crippen molar-refractivity contribution < 1.29 is 23.2 Å². The van der Waals surface area contributed by atoms with Gasteiger partial charge >= 0.3 is 0 Å². The smallest absolute Gasteiger partial charge is 0.263 e. The van der Waals surface area contributed by atoms with Gasteiger partial charge in [-0.15, -0.1) is 0 Å². The molecular formula is C32H40F2N4O4. The number of aryl methyl sites for hydroxylation is 2. The number of rotatable bonds is 11. The Hall–Kier alpha value is -4.34. The molecule has 0 spiro atoms. The van der Waals surface area contributed by atoms with E-state index in [9.17, 15) is 28.0 Å². The molecule has 1 atom stereocenters. The highest BCUT2D eigenvalue weighted by Gasteiger charge is 2.22. The summed E-state index contributed by atoms with van der Waals surface area (Å²) in [5.41, 5.74) is 8.08. The fraction of sp³-hybridized carbons (Fsp3) is 0.375. The van der Waals surface area contributed by atoms with Gasteiger partial charge in [-0.25, -0.2) is 8.78 Å². The molecule has 0 aliphatic heterocycles. The Kier molecular flexibility index (Phi) is 12.6. The predicted molar refractivity (Wildman–Crippen MR) is 160 cm³/mol. The molecule has 2 aromatic carbocycles. The van der Waals surface area contributed by atoms with Crippen LogP contribution in [0.3, 0.4) is 0 Å². The number of aromatic nitrogens is 1. The zero-order valence-corrected chi connectivity index (χ0v) is 25.0. The minimum atomic E-state index is -1.11. The second-order valence-corrected chi connectivity index (χ2v) is 10.8. The Labute approximate surface area is 245 Å². The van der Waals surface area contributed by atoms with Crippen molar-refractivity contribution in [2.75, 3.05) is 6.54 Å². The largest absolute Gasteiger partial charge is 0.370 e. The van der Waals surface area contributed by atoms with Crippen LogP contribution in [0.1, 0.15) is 79.7 Å². The summed E-state index contributed by atoms with van der Waals surface area (Å²) in [5, 5.41) is 5.10. The molecule has 1 aromatic heterocycles. The summed E-state index contributed by atoms with van der Waals surface area (Å²) >= 11 is 0. The van der Waals surface area contributed by atoms with Crippen LogP contribution in [0.15, 0.2) is 53.5 Å². The topological polar surface area (TPSA) is 123 Å². The maximum Gasteiger partial charge on any atom is 0.263 e. The van der Waals surface area contributed by atoms with Gasteiger partial charge in [-0.05, 0) is 86.6 Å². The molecule has 0 bridgehead atoms. The Balaban J connectivity index is 0.000000307. The van der Waals surface area contributed by atoms with Crippen molar-refractivity contribution in [3.63, 3.8) is 0 Å². The number of pyridine rings is 1. The van der Waals surface area contributed by atoms with Crippen LogP contribution >= 0.6 is 0 Å². The van der Waals surface area contributed by atoms with E-state index >= 15 is 0 Å². The summed E-state index contributed by atoms with van der Waals surface area (Å²) in [4.78, 5) is 45.9. The molecule has 10 heteroatoms. The van der Waals surface area contributed by atoms with Crippen LogP contribution in [0.2, 0.25) is 0 Å². The van der Waals surface area contributed by atoms with Crippen LogP contribution in [0.4, 0.5) is 8.78 Å². The van der Waals surface area contributed by atoms with Crippen molar-refractivity contribution in [1.82, 2.24) is 15.2 Å². The van der Waals surface area contributed by atoms with Crippen molar-refractivity contribution in [3.05, 3.63) is 92.9 Å². The maximum absolute atomic E-state index is 14.2. The first-order valence-corrected chi connectivity index (χ1v) is 13.8. The number of nitrogens with one attached hydrogen (secondary N) is 2. The normalized spacial score (nSPS) is 11.5. The third kappa shape index (κ3) is 9.09. The second-order valence-electron chi connectivity index (χ2n) is 10.8. The minimum absolute atomic E-state index is 0.0564. The van der Waals surface area contributed by atoms with Gasteiger partial charge in [0, 0.05) is 24.3 Å². The molecular weight excluding hydrogens is 542 g/mol. The second kappa shape index (κ2) is 15.6. The van der Waals surface area contributed by atoms with Gasteiger partial charge in [0.15, 0.2) is 11.6 Å². The Morgan fingerprint density at radius 2 is 1.67 bits per heavy atom. The number of carbonyl (C=O) groups excluding carboxylic acids is 3. The predicted octanol–water partition coefficient (Wildman–Crippen LogP) is 5.12. The third-order valence-electron chi connectivity index (χ3n) is 6.66. The Bertz CT molecular complexity index is 1450. The molecule has 4 N–H and O–H groups in total. The van der Waals surface area contributed by atoms with Gasteiger partial charge in [0.2, 0.25) is 12.3 Å². The number of hydrogen-bond donors (Lipinski definition) is 3. The van der Waals surface area contributed by atoms with E-state index in [1.54, 1.807) is 22.9 Å². The van der Waals surface area contributed by atoms with Crippen molar-refractivity contribution in [2.24, 2.45) is 11.7 Å². The lowest BCUT2D eigenvalue weighted by atomic mass is 9.92. The zero-order chi connectivity index (χ0) is 31.6. The number of amides is 3. The number of halogens is 2. The number of nitrogens with zero attached hydrogens (tertiary/aromatic N) is 1. The summed E-state index contributed by atoms with van der Waals surface area (Å²) < 4.78 is 29.9. The molecule has 0 fully saturated rings. The summed E-state index contributed by atoms with van der Waals surface area (Å²) in [7, 11) is 0. The maximum atomic E-state index is 14.2. The summed E-state index contributed by atoms with van der Waals surface area (Å²) in [6, 6.07) is 10.5. The lowest BCUT2D eigenvalue weighted by Crippen LogP contribution is -2.34. The lowest BCUT2D eigenvalue weighted by molar-refractivity contribution is -0.118. The number of carbonyl (C=O) groups is 3. The molecule has 3 rings (SSSR count). The SMILES string of the molecule is CC(C)CCNC(=O)c1cccn(C(C)C)c1=O.Cc1cccc(C)c1-c1cc(F)c(F)c([C@H](CC(N)=O)NC=O)c1. The van der Waals surface area contributed by atoms with E-state index in [1.807, 2.05) is 45.9 Å². The standard InChI is InChI=1S/C18H18F2N2O2.C14H22N2O2/c1-10-4-3-5-11(2)17(10)12-6-13(18(20)14(19)7-12)15(22-9-23)8-16(21)24;1-10(2)7-8-15-13(17)12-6-5-9-16(11(3)4)14(12)18/h3-7,9,15H,8H2,1-2H3,(H2,21,24)(H,22,23);5-6,9-11H,7-8H2,1-4H3,(H,15,17)/t15-;/m0./s1. The number of primary amides is 1. The van der Waals surface area contributed by atoms with Crippen molar-refractivity contribution in [1.29, 1.82) is 0 Å². The fourth-order valence-corrected chi connectivity index (χ4v) is 4.48. The highest BCUT2D eigenvalue weighted by molar-refractivity contribution is 5.93. The van der Waals surface area contributed by atoms with E-state index in [1.165, 1.54) is 6.07 Å². The van der Waals surface area contributed by atoms with E-state index in [4.69, 9.17) is 5.73 Å². The Morgan fingerprint density at radius 3 is 2.21 bits per heavy atom. The van der Waals surface area contributed by atoms with Crippen LogP contribution in [0.25, 0.3) is 11.1 Å². The first-order chi connectivity index (χ1) is 19.8. The average molecular weight is 583 g/mol. The molecule has 42 heavy (non-hydrogen) atoms. The summed E-state index contributed by atoms with van der Waals surface area (Å²) in [5.74, 6) is -2.63. The molecule has 0 aliphatic rings. The van der Waals surface area contributed by atoms with Crippen LogP contribution < -0.4 is 21.9 Å². The van der Waals surface area contributed by atoms with Crippen LogP contribution in [0.5, 0.6) is 0 Å². The minimum Gasteiger partial charge on any atom is -0.370 e. The highest BCUT2D eigenvalue weighted by atomic mass is 19.2. The molecule has 3 aromatic rings. The van der Waals surface area contributed by atoms with Crippen LogP contribution in [0, 0.1) is 31.4 Å². The van der Waals surface area contributed by atoms with E-state index in [2.05, 4.69) is 24.5 Å².